The first-order valence-electron chi connectivity index (χ1n) is 22.1. The fourth-order valence-electron chi connectivity index (χ4n) is 8.60. The van der Waals surface area contributed by atoms with Crippen LogP contribution in [0, 0.1) is 5.92 Å². The average Bonchev–Trinajstić information content (AvgIpc) is 3.76. The lowest BCUT2D eigenvalue weighted by atomic mass is 9.84. The van der Waals surface area contributed by atoms with Gasteiger partial charge in [0.05, 0.1) is 0 Å². The molecule has 5 rings (SSSR count). The van der Waals surface area contributed by atoms with Gasteiger partial charge in [0.15, 0.2) is 5.96 Å². The molecule has 62 heavy (non-hydrogen) atoms. The summed E-state index contributed by atoms with van der Waals surface area (Å²) in [6.07, 6.45) is 7.29. The SMILES string of the molecule is CC(=O)N[C@@H](Cc1ccccc1)C(=O)N[C@H]1CCNC(=O)C(CCCN=C(N)N)NC(=O)C(CCc2ccccc2)NC(=O)[C@@H](CC2CCCCC2)NC(=O)C2CCCN2C1=O. The van der Waals surface area contributed by atoms with Crippen LogP contribution in [0.5, 0.6) is 0 Å². The number of rotatable bonds is 14. The highest BCUT2D eigenvalue weighted by Crippen LogP contribution is 2.28. The second-order valence-electron chi connectivity index (χ2n) is 16.7. The summed E-state index contributed by atoms with van der Waals surface area (Å²) in [6, 6.07) is 12.3. The molecule has 2 aliphatic heterocycles. The van der Waals surface area contributed by atoms with E-state index in [1.807, 2.05) is 60.7 Å². The molecule has 3 unspecified atom stereocenters. The smallest absolute Gasteiger partial charge is 0.245 e. The number of nitrogens with zero attached hydrogens (tertiary/aromatic N) is 2. The molecule has 0 radical (unpaired) electrons. The van der Waals surface area contributed by atoms with Gasteiger partial charge in [-0.3, -0.25) is 38.6 Å². The second kappa shape index (κ2) is 23.9. The minimum Gasteiger partial charge on any atom is -0.370 e. The minimum atomic E-state index is -1.21. The number of fused-ring (bicyclic) bond motifs is 1. The Balaban J connectivity index is 1.47. The number of nitrogens with two attached hydrogens (primary N) is 2. The number of benzene rings is 2. The van der Waals surface area contributed by atoms with Gasteiger partial charge < -0.3 is 48.3 Å². The highest BCUT2D eigenvalue weighted by atomic mass is 16.2. The Labute approximate surface area is 363 Å². The Hall–Kier alpha value is -6.00. The number of aryl methyl sites for hydroxylation is 1. The fourth-order valence-corrected chi connectivity index (χ4v) is 8.60. The summed E-state index contributed by atoms with van der Waals surface area (Å²) in [7, 11) is 0. The molecule has 1 aliphatic carbocycles. The van der Waals surface area contributed by atoms with Crippen molar-refractivity contribution in [3.63, 3.8) is 0 Å². The zero-order valence-corrected chi connectivity index (χ0v) is 35.7. The highest BCUT2D eigenvalue weighted by Gasteiger charge is 2.40. The molecule has 1 saturated carbocycles. The van der Waals surface area contributed by atoms with E-state index in [1.165, 1.54) is 11.8 Å². The molecule has 17 nitrogen and oxygen atoms in total. The van der Waals surface area contributed by atoms with E-state index in [0.717, 1.165) is 43.2 Å². The predicted molar refractivity (Wildman–Crippen MR) is 234 cm³/mol. The predicted octanol–water partition coefficient (Wildman–Crippen LogP) is 0.841. The van der Waals surface area contributed by atoms with E-state index in [1.54, 1.807) is 0 Å². The number of hydrogen-bond donors (Lipinski definition) is 8. The summed E-state index contributed by atoms with van der Waals surface area (Å²) < 4.78 is 0. The van der Waals surface area contributed by atoms with E-state index < -0.39 is 77.6 Å². The van der Waals surface area contributed by atoms with Crippen LogP contribution in [-0.2, 0) is 46.4 Å². The lowest BCUT2D eigenvalue weighted by Gasteiger charge is -2.32. The van der Waals surface area contributed by atoms with Gasteiger partial charge in [0.25, 0.3) is 0 Å². The Bertz CT molecular complexity index is 1870. The maximum absolute atomic E-state index is 14.5. The molecule has 7 amide bonds. The number of hydrogen-bond acceptors (Lipinski definition) is 8. The molecule has 3 fully saturated rings. The highest BCUT2D eigenvalue weighted by molar-refractivity contribution is 5.97. The fraction of sp³-hybridized carbons (Fsp3) is 0.556. The van der Waals surface area contributed by atoms with Crippen LogP contribution in [0.15, 0.2) is 65.7 Å². The van der Waals surface area contributed by atoms with Gasteiger partial charge in [-0.1, -0.05) is 92.8 Å². The Kier molecular flexibility index (Phi) is 18.1. The maximum atomic E-state index is 14.5. The van der Waals surface area contributed by atoms with Crippen molar-refractivity contribution in [2.45, 2.75) is 133 Å². The molecule has 2 heterocycles. The van der Waals surface area contributed by atoms with E-state index >= 15 is 0 Å². The first-order valence-corrected chi connectivity index (χ1v) is 22.1. The number of carbonyl (C=O) groups excluding carboxylic acids is 7. The molecule has 6 atom stereocenters. The van der Waals surface area contributed by atoms with Gasteiger partial charge in [0.2, 0.25) is 41.4 Å². The zero-order chi connectivity index (χ0) is 44.4. The third kappa shape index (κ3) is 14.6. The average molecular weight is 857 g/mol. The summed E-state index contributed by atoms with van der Waals surface area (Å²) in [5, 5.41) is 17.1. The summed E-state index contributed by atoms with van der Waals surface area (Å²) in [4.78, 5) is 103. The van der Waals surface area contributed by atoms with Crippen LogP contribution in [0.4, 0.5) is 0 Å². The molecule has 2 saturated heterocycles. The Morgan fingerprint density at radius 3 is 2.05 bits per heavy atom. The standard InChI is InChI=1S/C45H64N10O7/c1-29(56)50-36(27-31-15-7-3-8-16-31)41(59)53-35-23-25-48-39(57)33(19-11-24-49-45(46)47)51-40(58)34(22-21-30-13-5-2-6-14-30)52-42(60)37(28-32-17-9-4-10-18-32)54-43(61)38-20-12-26-55(38)44(35)62/h2-3,5-8,13-16,32-38H,4,9-12,17-28H2,1H3,(H,48,57)(H,50,56)(H,51,58)(H,52,60)(H,53,59)(H,54,61)(H4,46,47,49)/t33?,34?,35-,36-,37+,38?/m0/s1. The van der Waals surface area contributed by atoms with Crippen LogP contribution in [-0.4, -0.2) is 108 Å². The number of nitrogens with one attached hydrogen (secondary N) is 6. The second-order valence-corrected chi connectivity index (χ2v) is 16.7. The van der Waals surface area contributed by atoms with Crippen LogP contribution in [0.3, 0.4) is 0 Å². The van der Waals surface area contributed by atoms with E-state index in [-0.39, 0.29) is 57.2 Å². The van der Waals surface area contributed by atoms with Crippen molar-refractivity contribution in [1.82, 2.24) is 36.8 Å². The monoisotopic (exact) mass is 856 g/mol. The van der Waals surface area contributed by atoms with Crippen molar-refractivity contribution in [3.8, 4) is 0 Å². The molecular formula is C45H64N10O7. The molecule has 0 bridgehead atoms. The molecule has 0 spiro atoms. The molecule has 2 aromatic rings. The molecule has 0 aromatic heterocycles. The Morgan fingerprint density at radius 2 is 1.39 bits per heavy atom. The van der Waals surface area contributed by atoms with Crippen LogP contribution >= 0.6 is 0 Å². The van der Waals surface area contributed by atoms with E-state index in [0.29, 0.717) is 32.1 Å². The van der Waals surface area contributed by atoms with E-state index in [4.69, 9.17) is 11.5 Å². The first kappa shape index (κ1) is 47.1. The van der Waals surface area contributed by atoms with Crippen molar-refractivity contribution in [2.24, 2.45) is 22.4 Å². The van der Waals surface area contributed by atoms with E-state index in [2.05, 4.69) is 36.9 Å². The summed E-state index contributed by atoms with van der Waals surface area (Å²) in [6.45, 7) is 1.62. The maximum Gasteiger partial charge on any atom is 0.245 e. The third-order valence-corrected chi connectivity index (χ3v) is 11.9. The lowest BCUT2D eigenvalue weighted by Crippen LogP contribution is -2.59. The number of carbonyl (C=O) groups is 7. The van der Waals surface area contributed by atoms with Gasteiger partial charge in [-0.2, -0.15) is 0 Å². The van der Waals surface area contributed by atoms with Crippen LogP contribution in [0.1, 0.15) is 95.1 Å². The number of amides is 7. The van der Waals surface area contributed by atoms with E-state index in [9.17, 15) is 33.6 Å². The van der Waals surface area contributed by atoms with Crippen molar-refractivity contribution >= 4 is 47.3 Å². The zero-order valence-electron chi connectivity index (χ0n) is 35.7. The van der Waals surface area contributed by atoms with Gasteiger partial charge in [-0.25, -0.2) is 0 Å². The van der Waals surface area contributed by atoms with Gasteiger partial charge in [0, 0.05) is 33.0 Å². The number of aliphatic imine (C=N–C) groups is 1. The summed E-state index contributed by atoms with van der Waals surface area (Å²) >= 11 is 0. The van der Waals surface area contributed by atoms with Crippen molar-refractivity contribution in [1.29, 1.82) is 0 Å². The number of guanidine groups is 1. The molecule has 3 aliphatic rings. The Morgan fingerprint density at radius 1 is 0.758 bits per heavy atom. The quantitative estimate of drug-likeness (QED) is 0.0760. The van der Waals surface area contributed by atoms with Crippen molar-refractivity contribution in [3.05, 3.63) is 71.8 Å². The minimum absolute atomic E-state index is 0.0714. The van der Waals surface area contributed by atoms with Gasteiger partial charge in [-0.15, -0.1) is 0 Å². The lowest BCUT2D eigenvalue weighted by molar-refractivity contribution is -0.142. The van der Waals surface area contributed by atoms with Gasteiger partial charge >= 0.3 is 0 Å². The third-order valence-electron chi connectivity index (χ3n) is 11.9. The largest absolute Gasteiger partial charge is 0.370 e. The molecule has 2 aromatic carbocycles. The first-order chi connectivity index (χ1) is 29.9. The van der Waals surface area contributed by atoms with Gasteiger partial charge in [0.1, 0.15) is 36.3 Å². The summed E-state index contributed by atoms with van der Waals surface area (Å²) in [5.74, 6) is -3.70. The van der Waals surface area contributed by atoms with Crippen LogP contribution < -0.4 is 43.4 Å². The summed E-state index contributed by atoms with van der Waals surface area (Å²) in [5.41, 5.74) is 12.8. The van der Waals surface area contributed by atoms with Crippen LogP contribution in [0.25, 0.3) is 0 Å². The molecule has 10 N–H and O–H groups in total. The molecule has 336 valence electrons. The molecular weight excluding hydrogens is 793 g/mol. The van der Waals surface area contributed by atoms with Crippen molar-refractivity contribution < 1.29 is 33.6 Å². The van der Waals surface area contributed by atoms with Crippen molar-refractivity contribution in [2.75, 3.05) is 19.6 Å². The molecule has 17 heteroatoms. The topological polar surface area (TPSA) is 259 Å². The normalized spacial score (nSPS) is 23.7. The van der Waals surface area contributed by atoms with Gasteiger partial charge in [-0.05, 0) is 68.4 Å². The van der Waals surface area contributed by atoms with Crippen LogP contribution in [0.2, 0.25) is 0 Å².